The Morgan fingerprint density at radius 3 is 2.25 bits per heavy atom. The third-order valence-electron chi connectivity index (χ3n) is 3.00. The summed E-state index contributed by atoms with van der Waals surface area (Å²) in [4.78, 5) is 11.4. The fourth-order valence-electron chi connectivity index (χ4n) is 1.99. The second kappa shape index (κ2) is 8.46. The summed E-state index contributed by atoms with van der Waals surface area (Å²) in [5.41, 5.74) is -1.04. The molecule has 1 atom stereocenters. The van der Waals surface area contributed by atoms with Crippen LogP contribution in [0.5, 0.6) is 0 Å². The third kappa shape index (κ3) is 7.69. The van der Waals surface area contributed by atoms with Gasteiger partial charge in [0.2, 0.25) is 0 Å². The maximum absolute atomic E-state index is 11.9. The topological polar surface area (TPSA) is 58.6 Å². The van der Waals surface area contributed by atoms with Gasteiger partial charge in [-0.25, -0.2) is 0 Å². The number of hydrogen-bond acceptors (Lipinski definition) is 3. The Hall–Kier alpha value is -0.820. The number of alkyl halides is 3. The van der Waals surface area contributed by atoms with Gasteiger partial charge in [0.05, 0.1) is 13.0 Å². The second-order valence-corrected chi connectivity index (χ2v) is 5.12. The third-order valence-corrected chi connectivity index (χ3v) is 3.00. The SMILES string of the molecule is CCC(CCCOCCC(F)(F)F)(NC(C)C)C(=O)O. The number of carbonyl (C=O) groups is 1. The predicted octanol–water partition coefficient (Wildman–Crippen LogP) is 2.97. The van der Waals surface area contributed by atoms with Crippen LogP contribution in [0.1, 0.15) is 46.5 Å². The van der Waals surface area contributed by atoms with E-state index >= 15 is 0 Å². The molecule has 0 aromatic heterocycles. The molecule has 0 aliphatic rings. The summed E-state index contributed by atoms with van der Waals surface area (Å²) >= 11 is 0. The van der Waals surface area contributed by atoms with E-state index in [9.17, 15) is 23.1 Å². The smallest absolute Gasteiger partial charge is 0.391 e. The summed E-state index contributed by atoms with van der Waals surface area (Å²) in [6, 6.07) is 0.0113. The summed E-state index contributed by atoms with van der Waals surface area (Å²) in [5, 5.41) is 12.4. The van der Waals surface area contributed by atoms with Gasteiger partial charge in [0, 0.05) is 12.6 Å². The first-order chi connectivity index (χ1) is 9.13. The molecule has 0 rings (SSSR count). The van der Waals surface area contributed by atoms with Crippen molar-refractivity contribution < 1.29 is 27.8 Å². The highest BCUT2D eigenvalue weighted by molar-refractivity contribution is 5.78. The Bertz CT molecular complexity index is 295. The Kier molecular flexibility index (Phi) is 8.12. The van der Waals surface area contributed by atoms with Crippen molar-refractivity contribution in [2.24, 2.45) is 0 Å². The minimum atomic E-state index is -4.21. The van der Waals surface area contributed by atoms with Gasteiger partial charge in [0.15, 0.2) is 0 Å². The zero-order valence-electron chi connectivity index (χ0n) is 12.2. The summed E-state index contributed by atoms with van der Waals surface area (Å²) < 4.78 is 40.6. The lowest BCUT2D eigenvalue weighted by atomic mass is 9.89. The number of rotatable bonds is 10. The number of ether oxygens (including phenoxy) is 1. The van der Waals surface area contributed by atoms with E-state index < -0.39 is 24.1 Å². The molecule has 120 valence electrons. The van der Waals surface area contributed by atoms with E-state index in [4.69, 9.17) is 4.74 Å². The van der Waals surface area contributed by atoms with E-state index in [1.807, 2.05) is 13.8 Å². The van der Waals surface area contributed by atoms with Crippen LogP contribution in [0, 0.1) is 0 Å². The average Bonchev–Trinajstić information content (AvgIpc) is 2.29. The number of carboxylic acid groups (broad SMARTS) is 1. The molecule has 0 aliphatic carbocycles. The molecule has 4 nitrogen and oxygen atoms in total. The highest BCUT2D eigenvalue weighted by Gasteiger charge is 2.36. The highest BCUT2D eigenvalue weighted by atomic mass is 19.4. The monoisotopic (exact) mass is 299 g/mol. The van der Waals surface area contributed by atoms with Crippen LogP contribution in [0.15, 0.2) is 0 Å². The molecule has 0 saturated carbocycles. The number of aliphatic carboxylic acids is 1. The Labute approximate surface area is 117 Å². The molecule has 0 saturated heterocycles. The Balaban J connectivity index is 4.12. The van der Waals surface area contributed by atoms with Crippen LogP contribution in [0.25, 0.3) is 0 Å². The lowest BCUT2D eigenvalue weighted by Crippen LogP contribution is -2.54. The van der Waals surface area contributed by atoms with Crippen LogP contribution in [0.4, 0.5) is 13.2 Å². The number of hydrogen-bond donors (Lipinski definition) is 2. The van der Waals surface area contributed by atoms with E-state index in [0.717, 1.165) is 0 Å². The van der Waals surface area contributed by atoms with Crippen molar-refractivity contribution >= 4 is 5.97 Å². The van der Waals surface area contributed by atoms with Gasteiger partial charge in [-0.15, -0.1) is 0 Å². The number of halogens is 3. The van der Waals surface area contributed by atoms with E-state index in [1.54, 1.807) is 6.92 Å². The second-order valence-electron chi connectivity index (χ2n) is 5.12. The van der Waals surface area contributed by atoms with Crippen molar-refractivity contribution in [3.8, 4) is 0 Å². The molecule has 0 bridgehead atoms. The molecule has 0 radical (unpaired) electrons. The van der Waals surface area contributed by atoms with Crippen LogP contribution in [0.2, 0.25) is 0 Å². The minimum Gasteiger partial charge on any atom is -0.480 e. The Morgan fingerprint density at radius 2 is 1.85 bits per heavy atom. The average molecular weight is 299 g/mol. The van der Waals surface area contributed by atoms with E-state index in [0.29, 0.717) is 19.3 Å². The van der Waals surface area contributed by atoms with E-state index in [1.165, 1.54) is 0 Å². The first-order valence-electron chi connectivity index (χ1n) is 6.78. The summed E-state index contributed by atoms with van der Waals surface area (Å²) in [7, 11) is 0. The normalized spacial score (nSPS) is 15.3. The molecular formula is C13H24F3NO3. The molecule has 20 heavy (non-hydrogen) atoms. The van der Waals surface area contributed by atoms with Gasteiger partial charge in [0.25, 0.3) is 0 Å². The largest absolute Gasteiger partial charge is 0.480 e. The highest BCUT2D eigenvalue weighted by Crippen LogP contribution is 2.21. The molecule has 0 heterocycles. The van der Waals surface area contributed by atoms with Crippen molar-refractivity contribution in [3.05, 3.63) is 0 Å². The molecule has 7 heteroatoms. The lowest BCUT2D eigenvalue weighted by Gasteiger charge is -2.31. The van der Waals surface area contributed by atoms with Crippen molar-refractivity contribution in [3.63, 3.8) is 0 Å². The van der Waals surface area contributed by atoms with Crippen LogP contribution in [-0.4, -0.2) is 42.0 Å². The fraction of sp³-hybridized carbons (Fsp3) is 0.923. The molecule has 0 spiro atoms. The molecule has 0 amide bonds. The van der Waals surface area contributed by atoms with Gasteiger partial charge in [-0.3, -0.25) is 10.1 Å². The van der Waals surface area contributed by atoms with Gasteiger partial charge in [-0.05, 0) is 33.1 Å². The first-order valence-corrected chi connectivity index (χ1v) is 6.78. The van der Waals surface area contributed by atoms with Crippen LogP contribution < -0.4 is 5.32 Å². The van der Waals surface area contributed by atoms with Crippen molar-refractivity contribution in [1.29, 1.82) is 0 Å². The van der Waals surface area contributed by atoms with Gasteiger partial charge >= 0.3 is 12.1 Å². The molecule has 0 fully saturated rings. The molecule has 0 aliphatic heterocycles. The van der Waals surface area contributed by atoms with Crippen molar-refractivity contribution in [2.75, 3.05) is 13.2 Å². The lowest BCUT2D eigenvalue weighted by molar-refractivity contribution is -0.146. The molecule has 1 unspecified atom stereocenters. The Morgan fingerprint density at radius 1 is 1.25 bits per heavy atom. The van der Waals surface area contributed by atoms with Gasteiger partial charge < -0.3 is 9.84 Å². The van der Waals surface area contributed by atoms with Crippen LogP contribution in [-0.2, 0) is 9.53 Å². The first kappa shape index (κ1) is 19.2. The quantitative estimate of drug-likeness (QED) is 0.609. The molecule has 2 N–H and O–H groups in total. The maximum atomic E-state index is 11.9. The zero-order chi connectivity index (χ0) is 15.8. The van der Waals surface area contributed by atoms with Crippen molar-refractivity contribution in [2.45, 2.75) is 64.2 Å². The fourth-order valence-corrected chi connectivity index (χ4v) is 1.99. The number of nitrogens with one attached hydrogen (secondary N) is 1. The number of carboxylic acids is 1. The minimum absolute atomic E-state index is 0.0113. The standard InChI is InChI=1S/C13H24F3NO3/c1-4-12(11(18)19,17-10(2)3)6-5-8-20-9-7-13(14,15)16/h10,17H,4-9H2,1-3H3,(H,18,19). The summed E-state index contributed by atoms with van der Waals surface area (Å²) in [5.74, 6) is -0.941. The van der Waals surface area contributed by atoms with Gasteiger partial charge in [-0.1, -0.05) is 6.92 Å². The van der Waals surface area contributed by atoms with Gasteiger partial charge in [-0.2, -0.15) is 13.2 Å². The summed E-state index contributed by atoms with van der Waals surface area (Å²) in [6.45, 7) is 5.23. The summed E-state index contributed by atoms with van der Waals surface area (Å²) in [6.07, 6.45) is -4.06. The van der Waals surface area contributed by atoms with E-state index in [2.05, 4.69) is 5.32 Å². The van der Waals surface area contributed by atoms with Crippen molar-refractivity contribution in [1.82, 2.24) is 5.32 Å². The molecule has 0 aromatic rings. The molecule has 0 aromatic carbocycles. The van der Waals surface area contributed by atoms with Crippen LogP contribution >= 0.6 is 0 Å². The maximum Gasteiger partial charge on any atom is 0.391 e. The molecular weight excluding hydrogens is 275 g/mol. The predicted molar refractivity (Wildman–Crippen MR) is 69.7 cm³/mol. The van der Waals surface area contributed by atoms with E-state index in [-0.39, 0.29) is 19.3 Å². The van der Waals surface area contributed by atoms with Gasteiger partial charge in [0.1, 0.15) is 5.54 Å². The zero-order valence-corrected chi connectivity index (χ0v) is 12.2. The van der Waals surface area contributed by atoms with Crippen LogP contribution in [0.3, 0.4) is 0 Å².